The van der Waals surface area contributed by atoms with Gasteiger partial charge >= 0.3 is 0 Å². The Morgan fingerprint density at radius 1 is 1.00 bits per heavy atom. The van der Waals surface area contributed by atoms with Crippen molar-refractivity contribution in [1.82, 2.24) is 5.32 Å². The molecule has 0 spiro atoms. The zero-order chi connectivity index (χ0) is 8.15. The smallest absolute Gasteiger partial charge is 0.00435 e. The largest absolute Gasteiger partial charge is 0.312 e. The van der Waals surface area contributed by atoms with Crippen LogP contribution in [-0.4, -0.2) is 12.1 Å². The molecular weight excluding hydrogens is 122 g/mol. The van der Waals surface area contributed by atoms with Crippen molar-refractivity contribution in [2.45, 2.75) is 53.1 Å². The zero-order valence-electron chi connectivity index (χ0n) is 7.94. The summed E-state index contributed by atoms with van der Waals surface area (Å²) in [6, 6.07) is 1.29. The predicted molar refractivity (Wildman–Crippen MR) is 47.2 cm³/mol. The van der Waals surface area contributed by atoms with E-state index < -0.39 is 0 Å². The summed E-state index contributed by atoms with van der Waals surface area (Å²) in [5.41, 5.74) is 0. The lowest BCUT2D eigenvalue weighted by Gasteiger charge is -2.18. The second kappa shape index (κ2) is 4.73. The Labute approximate surface area is 65.2 Å². The van der Waals surface area contributed by atoms with Crippen LogP contribution in [0.1, 0.15) is 41.0 Å². The number of hydrogen-bond donors (Lipinski definition) is 1. The van der Waals surface area contributed by atoms with Crippen LogP contribution in [0.3, 0.4) is 0 Å². The normalized spacial score (nSPS) is 14.7. The van der Waals surface area contributed by atoms with Gasteiger partial charge in [-0.15, -0.1) is 0 Å². The monoisotopic (exact) mass is 143 g/mol. The third kappa shape index (κ3) is 6.09. The first-order valence-electron chi connectivity index (χ1n) is 4.28. The van der Waals surface area contributed by atoms with Crippen LogP contribution >= 0.6 is 0 Å². The lowest BCUT2D eigenvalue weighted by Crippen LogP contribution is -2.33. The number of hydrogen-bond acceptors (Lipinski definition) is 1. The molecule has 62 valence electrons. The molecule has 0 rings (SSSR count). The van der Waals surface area contributed by atoms with Crippen molar-refractivity contribution >= 4 is 0 Å². The average Bonchev–Trinajstić information content (AvgIpc) is 1.58. The average molecular weight is 143 g/mol. The summed E-state index contributed by atoms with van der Waals surface area (Å²) in [5, 5.41) is 3.47. The van der Waals surface area contributed by atoms with Gasteiger partial charge in [-0.3, -0.25) is 0 Å². The summed E-state index contributed by atoms with van der Waals surface area (Å²) in [6.07, 6.45) is 1.28. The summed E-state index contributed by atoms with van der Waals surface area (Å²) >= 11 is 0. The third-order valence-corrected chi connectivity index (χ3v) is 1.44. The van der Waals surface area contributed by atoms with Crippen molar-refractivity contribution in [3.05, 3.63) is 0 Å². The molecule has 0 aliphatic heterocycles. The molecule has 0 unspecified atom stereocenters. The number of rotatable bonds is 4. The summed E-state index contributed by atoms with van der Waals surface area (Å²) in [7, 11) is 0. The molecule has 0 amide bonds. The molecule has 0 aromatic heterocycles. The van der Waals surface area contributed by atoms with Gasteiger partial charge in [-0.05, 0) is 19.3 Å². The lowest BCUT2D eigenvalue weighted by molar-refractivity contribution is 0.413. The molecule has 0 saturated heterocycles. The van der Waals surface area contributed by atoms with Gasteiger partial charge in [0.25, 0.3) is 0 Å². The molecule has 0 radical (unpaired) electrons. The van der Waals surface area contributed by atoms with Gasteiger partial charge in [0.2, 0.25) is 0 Å². The fourth-order valence-electron chi connectivity index (χ4n) is 1.34. The van der Waals surface area contributed by atoms with E-state index in [1.165, 1.54) is 6.42 Å². The minimum absolute atomic E-state index is 0.619. The molecule has 0 bridgehead atoms. The van der Waals surface area contributed by atoms with Crippen LogP contribution < -0.4 is 5.32 Å². The second-order valence-corrected chi connectivity index (χ2v) is 3.85. The molecule has 1 N–H and O–H groups in total. The molecular formula is C9H21N. The van der Waals surface area contributed by atoms with E-state index in [-0.39, 0.29) is 0 Å². The quantitative estimate of drug-likeness (QED) is 0.637. The van der Waals surface area contributed by atoms with Gasteiger partial charge in [-0.25, -0.2) is 0 Å². The van der Waals surface area contributed by atoms with E-state index in [1.54, 1.807) is 0 Å². The van der Waals surface area contributed by atoms with Crippen LogP contribution in [0.4, 0.5) is 0 Å². The summed E-state index contributed by atoms with van der Waals surface area (Å²) in [6.45, 7) is 11.2. The summed E-state index contributed by atoms with van der Waals surface area (Å²) in [4.78, 5) is 0. The van der Waals surface area contributed by atoms with E-state index in [1.807, 2.05) is 0 Å². The molecule has 0 aliphatic carbocycles. The van der Waals surface area contributed by atoms with Crippen LogP contribution in [0.2, 0.25) is 0 Å². The second-order valence-electron chi connectivity index (χ2n) is 3.85. The van der Waals surface area contributed by atoms with Gasteiger partial charge in [-0.1, -0.05) is 27.7 Å². The van der Waals surface area contributed by atoms with Crippen molar-refractivity contribution in [3.8, 4) is 0 Å². The summed E-state index contributed by atoms with van der Waals surface area (Å²) < 4.78 is 0. The van der Waals surface area contributed by atoms with Crippen LogP contribution in [0.5, 0.6) is 0 Å². The SMILES string of the molecule is CC(C)C[C@@H](C)NC(C)C. The summed E-state index contributed by atoms with van der Waals surface area (Å²) in [5.74, 6) is 0.807. The predicted octanol–water partition coefficient (Wildman–Crippen LogP) is 2.42. The highest BCUT2D eigenvalue weighted by atomic mass is 14.9. The van der Waals surface area contributed by atoms with Crippen molar-refractivity contribution in [2.75, 3.05) is 0 Å². The Kier molecular flexibility index (Phi) is 4.71. The highest BCUT2D eigenvalue weighted by molar-refractivity contribution is 4.64. The first kappa shape index (κ1) is 9.96. The van der Waals surface area contributed by atoms with E-state index in [0.29, 0.717) is 12.1 Å². The molecule has 0 fully saturated rings. The Hall–Kier alpha value is -0.0400. The fourth-order valence-corrected chi connectivity index (χ4v) is 1.34. The fraction of sp³-hybridized carbons (Fsp3) is 1.00. The van der Waals surface area contributed by atoms with Crippen molar-refractivity contribution in [3.63, 3.8) is 0 Å². The molecule has 1 nitrogen and oxygen atoms in total. The first-order valence-corrected chi connectivity index (χ1v) is 4.28. The number of nitrogens with one attached hydrogen (secondary N) is 1. The molecule has 1 heteroatoms. The van der Waals surface area contributed by atoms with Gasteiger partial charge in [0.05, 0.1) is 0 Å². The minimum Gasteiger partial charge on any atom is -0.312 e. The highest BCUT2D eigenvalue weighted by Gasteiger charge is 2.04. The maximum absolute atomic E-state index is 3.47. The standard InChI is InChI=1S/C9H21N/c1-7(2)6-9(5)10-8(3)4/h7-10H,6H2,1-5H3/t9-/m1/s1. The maximum atomic E-state index is 3.47. The van der Waals surface area contributed by atoms with Gasteiger partial charge in [-0.2, -0.15) is 0 Å². The Morgan fingerprint density at radius 2 is 1.50 bits per heavy atom. The van der Waals surface area contributed by atoms with Crippen molar-refractivity contribution in [1.29, 1.82) is 0 Å². The highest BCUT2D eigenvalue weighted by Crippen LogP contribution is 2.03. The van der Waals surface area contributed by atoms with Crippen LogP contribution in [0, 0.1) is 5.92 Å². The van der Waals surface area contributed by atoms with Gasteiger partial charge in [0.15, 0.2) is 0 Å². The van der Waals surface area contributed by atoms with E-state index in [4.69, 9.17) is 0 Å². The molecule has 0 aromatic rings. The van der Waals surface area contributed by atoms with E-state index >= 15 is 0 Å². The topological polar surface area (TPSA) is 12.0 Å². The van der Waals surface area contributed by atoms with Crippen LogP contribution in [0.25, 0.3) is 0 Å². The zero-order valence-corrected chi connectivity index (χ0v) is 7.94. The third-order valence-electron chi connectivity index (χ3n) is 1.44. The van der Waals surface area contributed by atoms with Crippen molar-refractivity contribution < 1.29 is 0 Å². The Morgan fingerprint density at radius 3 is 1.80 bits per heavy atom. The van der Waals surface area contributed by atoms with Crippen molar-refractivity contribution in [2.24, 2.45) is 5.92 Å². The molecule has 0 aliphatic rings. The van der Waals surface area contributed by atoms with Gasteiger partial charge < -0.3 is 5.32 Å². The molecule has 0 saturated carbocycles. The minimum atomic E-state index is 0.619. The van der Waals surface area contributed by atoms with E-state index in [0.717, 1.165) is 5.92 Å². The Bertz CT molecular complexity index is 66.8. The lowest BCUT2D eigenvalue weighted by atomic mass is 10.0. The van der Waals surface area contributed by atoms with Gasteiger partial charge in [0.1, 0.15) is 0 Å². The molecule has 1 atom stereocenters. The van der Waals surface area contributed by atoms with Crippen LogP contribution in [-0.2, 0) is 0 Å². The van der Waals surface area contributed by atoms with E-state index in [2.05, 4.69) is 39.9 Å². The molecule has 0 aromatic carbocycles. The molecule has 0 heterocycles. The van der Waals surface area contributed by atoms with Gasteiger partial charge in [0, 0.05) is 12.1 Å². The van der Waals surface area contributed by atoms with E-state index in [9.17, 15) is 0 Å². The molecule has 10 heavy (non-hydrogen) atoms. The van der Waals surface area contributed by atoms with Crippen LogP contribution in [0.15, 0.2) is 0 Å². The first-order chi connectivity index (χ1) is 4.52. The maximum Gasteiger partial charge on any atom is 0.00435 e. The Balaban J connectivity index is 3.34.